The Morgan fingerprint density at radius 3 is 2.38 bits per heavy atom. The van der Waals surface area contributed by atoms with Crippen molar-refractivity contribution in [1.82, 2.24) is 0 Å². The van der Waals surface area contributed by atoms with E-state index in [0.29, 0.717) is 5.92 Å². The summed E-state index contributed by atoms with van der Waals surface area (Å²) >= 11 is 0. The molecule has 0 bridgehead atoms. The minimum Gasteiger partial charge on any atom is -0.493 e. The van der Waals surface area contributed by atoms with Crippen molar-refractivity contribution in [1.29, 1.82) is 0 Å². The number of ether oxygens (including phenoxy) is 1. The van der Waals surface area contributed by atoms with Gasteiger partial charge >= 0.3 is 0 Å². The van der Waals surface area contributed by atoms with Crippen molar-refractivity contribution in [2.45, 2.75) is 46.1 Å². The Morgan fingerprint density at radius 2 is 2.00 bits per heavy atom. The topological polar surface area (TPSA) is 35.2 Å². The Hall–Kier alpha value is -0.500. The van der Waals surface area contributed by atoms with Gasteiger partial charge in [0.2, 0.25) is 0 Å². The molecule has 0 fully saturated rings. The first-order valence-electron chi connectivity index (χ1n) is 4.94. The lowest BCUT2D eigenvalue weighted by Gasteiger charge is -2.26. The molecule has 0 aromatic heterocycles. The van der Waals surface area contributed by atoms with E-state index in [1.54, 1.807) is 0 Å². The maximum Gasteiger partial charge on any atom is 0.100 e. The SMILES string of the molecule is C=C(OC(C)(C)C)C(C)CCCN. The molecule has 1 atom stereocenters. The number of rotatable bonds is 5. The van der Waals surface area contributed by atoms with Crippen LogP contribution in [0.3, 0.4) is 0 Å². The fourth-order valence-corrected chi connectivity index (χ4v) is 1.08. The third-order valence-electron chi connectivity index (χ3n) is 1.83. The first-order valence-corrected chi connectivity index (χ1v) is 4.94. The van der Waals surface area contributed by atoms with Gasteiger partial charge in [-0.3, -0.25) is 0 Å². The lowest BCUT2D eigenvalue weighted by Crippen LogP contribution is -2.21. The second-order valence-electron chi connectivity index (χ2n) is 4.51. The number of allylic oxidation sites excluding steroid dienone is 1. The fourth-order valence-electron chi connectivity index (χ4n) is 1.08. The van der Waals surface area contributed by atoms with Crippen molar-refractivity contribution in [3.05, 3.63) is 12.3 Å². The highest BCUT2D eigenvalue weighted by Crippen LogP contribution is 2.21. The molecule has 2 nitrogen and oxygen atoms in total. The van der Waals surface area contributed by atoms with Gasteiger partial charge in [-0.1, -0.05) is 13.5 Å². The molecule has 0 amide bonds. The van der Waals surface area contributed by atoms with Crippen LogP contribution in [0, 0.1) is 5.92 Å². The largest absolute Gasteiger partial charge is 0.493 e. The normalized spacial score (nSPS) is 13.9. The standard InChI is InChI=1S/C11H23NO/c1-9(7-6-8-12)10(2)13-11(3,4)5/h9H,2,6-8,12H2,1,3-5H3. The van der Waals surface area contributed by atoms with E-state index in [-0.39, 0.29) is 5.60 Å². The van der Waals surface area contributed by atoms with Gasteiger partial charge in [0.25, 0.3) is 0 Å². The third kappa shape index (κ3) is 6.64. The fraction of sp³-hybridized carbons (Fsp3) is 0.818. The van der Waals surface area contributed by atoms with E-state index < -0.39 is 0 Å². The van der Waals surface area contributed by atoms with Gasteiger partial charge in [0.15, 0.2) is 0 Å². The summed E-state index contributed by atoms with van der Waals surface area (Å²) in [4.78, 5) is 0. The maximum absolute atomic E-state index is 5.66. The zero-order valence-corrected chi connectivity index (χ0v) is 9.39. The van der Waals surface area contributed by atoms with Crippen LogP contribution in [0.5, 0.6) is 0 Å². The highest BCUT2D eigenvalue weighted by atomic mass is 16.5. The van der Waals surface area contributed by atoms with Crippen LogP contribution in [0.1, 0.15) is 40.5 Å². The van der Waals surface area contributed by atoms with Crippen molar-refractivity contribution >= 4 is 0 Å². The number of hydrogen-bond donors (Lipinski definition) is 1. The van der Waals surface area contributed by atoms with Crippen LogP contribution in [0.4, 0.5) is 0 Å². The molecular weight excluding hydrogens is 162 g/mol. The average molecular weight is 185 g/mol. The summed E-state index contributed by atoms with van der Waals surface area (Å²) in [6.07, 6.45) is 2.10. The van der Waals surface area contributed by atoms with E-state index in [4.69, 9.17) is 10.5 Å². The molecule has 78 valence electrons. The Morgan fingerprint density at radius 1 is 1.46 bits per heavy atom. The van der Waals surface area contributed by atoms with Crippen LogP contribution < -0.4 is 5.73 Å². The van der Waals surface area contributed by atoms with E-state index in [2.05, 4.69) is 13.5 Å². The zero-order valence-electron chi connectivity index (χ0n) is 9.39. The first kappa shape index (κ1) is 12.5. The monoisotopic (exact) mass is 185 g/mol. The van der Waals surface area contributed by atoms with Gasteiger partial charge in [0, 0.05) is 5.92 Å². The van der Waals surface area contributed by atoms with Gasteiger partial charge in [0.1, 0.15) is 5.60 Å². The maximum atomic E-state index is 5.66. The molecule has 0 aliphatic rings. The van der Waals surface area contributed by atoms with E-state index in [9.17, 15) is 0 Å². The minimum atomic E-state index is -0.131. The van der Waals surface area contributed by atoms with Gasteiger partial charge in [0.05, 0.1) is 5.76 Å². The van der Waals surface area contributed by atoms with Crippen LogP contribution >= 0.6 is 0 Å². The predicted octanol–water partition coefficient (Wildman–Crippen LogP) is 2.69. The van der Waals surface area contributed by atoms with Gasteiger partial charge in [-0.25, -0.2) is 0 Å². The van der Waals surface area contributed by atoms with Crippen molar-refractivity contribution in [3.63, 3.8) is 0 Å². The minimum absolute atomic E-state index is 0.131. The lowest BCUT2D eigenvalue weighted by atomic mass is 10.0. The van der Waals surface area contributed by atoms with Crippen molar-refractivity contribution < 1.29 is 4.74 Å². The van der Waals surface area contributed by atoms with E-state index in [1.165, 1.54) is 0 Å². The second kappa shape index (κ2) is 5.28. The molecule has 2 heteroatoms. The molecule has 13 heavy (non-hydrogen) atoms. The van der Waals surface area contributed by atoms with Gasteiger partial charge in [-0.05, 0) is 40.2 Å². The van der Waals surface area contributed by atoms with Crippen LogP contribution in [0.15, 0.2) is 12.3 Å². The van der Waals surface area contributed by atoms with Gasteiger partial charge in [-0.15, -0.1) is 0 Å². The van der Waals surface area contributed by atoms with Gasteiger partial charge in [-0.2, -0.15) is 0 Å². The summed E-state index contributed by atoms with van der Waals surface area (Å²) in [7, 11) is 0. The molecule has 0 aromatic carbocycles. The Kier molecular flexibility index (Phi) is 5.07. The average Bonchev–Trinajstić information content (AvgIpc) is 1.96. The smallest absolute Gasteiger partial charge is 0.100 e. The molecule has 2 N–H and O–H groups in total. The number of hydrogen-bond acceptors (Lipinski definition) is 2. The molecule has 0 aliphatic heterocycles. The summed E-state index contributed by atoms with van der Waals surface area (Å²) in [5, 5.41) is 0. The predicted molar refractivity (Wildman–Crippen MR) is 57.4 cm³/mol. The molecular formula is C11H23NO. The Bertz CT molecular complexity index is 158. The van der Waals surface area contributed by atoms with Crippen molar-refractivity contribution in [2.75, 3.05) is 6.54 Å². The van der Waals surface area contributed by atoms with Crippen LogP contribution in [0.25, 0.3) is 0 Å². The Labute approximate surface area is 82.2 Å². The van der Waals surface area contributed by atoms with E-state index in [0.717, 1.165) is 25.1 Å². The van der Waals surface area contributed by atoms with Crippen LogP contribution in [0.2, 0.25) is 0 Å². The molecule has 0 spiro atoms. The lowest BCUT2D eigenvalue weighted by molar-refractivity contribution is 0.0357. The molecule has 0 aromatic rings. The van der Waals surface area contributed by atoms with Crippen LogP contribution in [-0.2, 0) is 4.74 Å². The second-order valence-corrected chi connectivity index (χ2v) is 4.51. The van der Waals surface area contributed by atoms with E-state index >= 15 is 0 Å². The molecule has 0 heterocycles. The Balaban J connectivity index is 3.83. The van der Waals surface area contributed by atoms with Crippen molar-refractivity contribution in [3.8, 4) is 0 Å². The summed E-state index contributed by atoms with van der Waals surface area (Å²) in [6, 6.07) is 0. The first-order chi connectivity index (χ1) is 5.87. The third-order valence-corrected chi connectivity index (χ3v) is 1.83. The highest BCUT2D eigenvalue weighted by Gasteiger charge is 2.16. The van der Waals surface area contributed by atoms with Crippen LogP contribution in [-0.4, -0.2) is 12.1 Å². The van der Waals surface area contributed by atoms with Gasteiger partial charge < -0.3 is 10.5 Å². The summed E-state index contributed by atoms with van der Waals surface area (Å²) < 4.78 is 5.66. The zero-order chi connectivity index (χ0) is 10.5. The summed E-state index contributed by atoms with van der Waals surface area (Å²) in [5.74, 6) is 1.28. The number of nitrogens with two attached hydrogens (primary N) is 1. The summed E-state index contributed by atoms with van der Waals surface area (Å²) in [5.41, 5.74) is 5.30. The quantitative estimate of drug-likeness (QED) is 0.668. The highest BCUT2D eigenvalue weighted by molar-refractivity contribution is 4.91. The molecule has 0 radical (unpaired) electrons. The van der Waals surface area contributed by atoms with E-state index in [1.807, 2.05) is 20.8 Å². The molecule has 0 saturated carbocycles. The molecule has 0 saturated heterocycles. The molecule has 0 rings (SSSR count). The van der Waals surface area contributed by atoms with Crippen molar-refractivity contribution in [2.24, 2.45) is 11.7 Å². The molecule has 1 unspecified atom stereocenters. The summed E-state index contributed by atoms with van der Waals surface area (Å²) in [6.45, 7) is 12.9. The molecule has 0 aliphatic carbocycles.